The van der Waals surface area contributed by atoms with Crippen LogP contribution in [-0.4, -0.2) is 67.0 Å². The van der Waals surface area contributed by atoms with Crippen molar-refractivity contribution in [2.75, 3.05) is 40.3 Å². The second-order valence-electron chi connectivity index (χ2n) is 6.98. The number of hydrogen-bond acceptors (Lipinski definition) is 3. The van der Waals surface area contributed by atoms with E-state index in [-0.39, 0.29) is 11.9 Å². The predicted molar refractivity (Wildman–Crippen MR) is 95.6 cm³/mol. The molecule has 2 aliphatic rings. The topological polar surface area (TPSA) is 53.1 Å². The zero-order chi connectivity index (χ0) is 17.8. The standard InChI is InChI=1S/C19H27N3O3/c1-20(2)19(24)22-11-12-25-17-7-5-15(13-16(17)14-22)6-8-18(23)21-9-3-4-10-21/h5,7,13H,3-4,6,8-12,14H2,1-2H3. The summed E-state index contributed by atoms with van der Waals surface area (Å²) in [7, 11) is 3.52. The third-order valence-electron chi connectivity index (χ3n) is 4.84. The first kappa shape index (κ1) is 17.6. The molecule has 0 N–H and O–H groups in total. The number of carbonyl (C=O) groups excluding carboxylic acids is 2. The third kappa shape index (κ3) is 4.24. The summed E-state index contributed by atoms with van der Waals surface area (Å²) in [6.07, 6.45) is 3.51. The number of aryl methyl sites for hydroxylation is 1. The van der Waals surface area contributed by atoms with Gasteiger partial charge in [-0.25, -0.2) is 4.79 Å². The van der Waals surface area contributed by atoms with E-state index in [0.717, 1.165) is 49.2 Å². The smallest absolute Gasteiger partial charge is 0.319 e. The quantitative estimate of drug-likeness (QED) is 0.843. The van der Waals surface area contributed by atoms with Crippen LogP contribution >= 0.6 is 0 Å². The van der Waals surface area contributed by atoms with Gasteiger partial charge in [0.25, 0.3) is 0 Å². The number of amides is 3. The maximum absolute atomic E-state index is 12.3. The number of carbonyl (C=O) groups is 2. The number of fused-ring (bicyclic) bond motifs is 1. The molecule has 2 heterocycles. The molecular formula is C19H27N3O3. The van der Waals surface area contributed by atoms with Crippen LogP contribution in [0.25, 0.3) is 0 Å². The Hall–Kier alpha value is -2.24. The van der Waals surface area contributed by atoms with Gasteiger partial charge in [-0.05, 0) is 30.9 Å². The van der Waals surface area contributed by atoms with Gasteiger partial charge in [0.05, 0.1) is 13.1 Å². The molecule has 0 atom stereocenters. The lowest BCUT2D eigenvalue weighted by Gasteiger charge is -2.24. The Bertz CT molecular complexity index is 639. The number of ether oxygens (including phenoxy) is 1. The van der Waals surface area contributed by atoms with E-state index in [0.29, 0.717) is 26.1 Å². The van der Waals surface area contributed by atoms with Crippen molar-refractivity contribution in [3.05, 3.63) is 29.3 Å². The second kappa shape index (κ2) is 7.76. The summed E-state index contributed by atoms with van der Waals surface area (Å²) in [5, 5.41) is 0. The SMILES string of the molecule is CN(C)C(=O)N1CCOc2ccc(CCC(=O)N3CCCC3)cc2C1. The number of likely N-dealkylation sites (tertiary alicyclic amines) is 1. The van der Waals surface area contributed by atoms with Crippen LogP contribution in [0.2, 0.25) is 0 Å². The van der Waals surface area contributed by atoms with Crippen molar-refractivity contribution in [2.24, 2.45) is 0 Å². The summed E-state index contributed by atoms with van der Waals surface area (Å²) in [4.78, 5) is 29.8. The van der Waals surface area contributed by atoms with Crippen LogP contribution in [0.15, 0.2) is 18.2 Å². The van der Waals surface area contributed by atoms with Crippen molar-refractivity contribution >= 4 is 11.9 Å². The van der Waals surface area contributed by atoms with Crippen LogP contribution in [0.3, 0.4) is 0 Å². The van der Waals surface area contributed by atoms with E-state index < -0.39 is 0 Å². The Balaban J connectivity index is 1.66. The highest BCUT2D eigenvalue weighted by molar-refractivity contribution is 5.76. The Labute approximate surface area is 149 Å². The predicted octanol–water partition coefficient (Wildman–Crippen LogP) is 2.12. The van der Waals surface area contributed by atoms with Crippen LogP contribution in [0.5, 0.6) is 5.75 Å². The lowest BCUT2D eigenvalue weighted by Crippen LogP contribution is -2.39. The summed E-state index contributed by atoms with van der Waals surface area (Å²) in [6.45, 7) is 3.42. The van der Waals surface area contributed by atoms with Crippen molar-refractivity contribution in [1.29, 1.82) is 0 Å². The van der Waals surface area contributed by atoms with Crippen molar-refractivity contribution < 1.29 is 14.3 Å². The lowest BCUT2D eigenvalue weighted by molar-refractivity contribution is -0.130. The molecule has 0 spiro atoms. The van der Waals surface area contributed by atoms with Gasteiger partial charge in [0.2, 0.25) is 5.91 Å². The van der Waals surface area contributed by atoms with Gasteiger partial charge in [-0.3, -0.25) is 4.79 Å². The fourth-order valence-corrected chi connectivity index (χ4v) is 3.43. The van der Waals surface area contributed by atoms with Gasteiger partial charge in [-0.1, -0.05) is 12.1 Å². The maximum atomic E-state index is 12.3. The van der Waals surface area contributed by atoms with Crippen LogP contribution in [0.4, 0.5) is 4.79 Å². The van der Waals surface area contributed by atoms with E-state index >= 15 is 0 Å². The highest BCUT2D eigenvalue weighted by Crippen LogP contribution is 2.25. The van der Waals surface area contributed by atoms with Crippen molar-refractivity contribution in [2.45, 2.75) is 32.2 Å². The van der Waals surface area contributed by atoms with E-state index in [2.05, 4.69) is 6.07 Å². The Morgan fingerprint density at radius 1 is 1.12 bits per heavy atom. The van der Waals surface area contributed by atoms with Crippen molar-refractivity contribution in [1.82, 2.24) is 14.7 Å². The Morgan fingerprint density at radius 3 is 2.60 bits per heavy atom. The van der Waals surface area contributed by atoms with Crippen molar-refractivity contribution in [3.8, 4) is 5.75 Å². The highest BCUT2D eigenvalue weighted by Gasteiger charge is 2.22. The zero-order valence-corrected chi connectivity index (χ0v) is 15.2. The van der Waals surface area contributed by atoms with Gasteiger partial charge in [0.15, 0.2) is 0 Å². The molecule has 0 aromatic heterocycles. The molecule has 6 nitrogen and oxygen atoms in total. The minimum absolute atomic E-state index is 0.00827. The molecule has 6 heteroatoms. The average molecular weight is 345 g/mol. The van der Waals surface area contributed by atoms with E-state index in [1.165, 1.54) is 0 Å². The van der Waals surface area contributed by atoms with Crippen LogP contribution in [-0.2, 0) is 17.8 Å². The monoisotopic (exact) mass is 345 g/mol. The number of urea groups is 1. The molecule has 3 amide bonds. The number of hydrogen-bond donors (Lipinski definition) is 0. The summed E-state index contributed by atoms with van der Waals surface area (Å²) >= 11 is 0. The highest BCUT2D eigenvalue weighted by atomic mass is 16.5. The van der Waals surface area contributed by atoms with E-state index in [1.54, 1.807) is 23.9 Å². The fourth-order valence-electron chi connectivity index (χ4n) is 3.43. The molecule has 0 unspecified atom stereocenters. The maximum Gasteiger partial charge on any atom is 0.319 e. The van der Waals surface area contributed by atoms with E-state index in [4.69, 9.17) is 4.74 Å². The molecule has 25 heavy (non-hydrogen) atoms. The van der Waals surface area contributed by atoms with Gasteiger partial charge in [-0.15, -0.1) is 0 Å². The fraction of sp³-hybridized carbons (Fsp3) is 0.579. The van der Waals surface area contributed by atoms with Gasteiger partial charge < -0.3 is 19.4 Å². The Morgan fingerprint density at radius 2 is 1.88 bits per heavy atom. The molecule has 3 rings (SSSR count). The van der Waals surface area contributed by atoms with E-state index in [1.807, 2.05) is 17.0 Å². The first-order chi connectivity index (χ1) is 12.0. The first-order valence-electron chi connectivity index (χ1n) is 9.03. The van der Waals surface area contributed by atoms with E-state index in [9.17, 15) is 9.59 Å². The first-order valence-corrected chi connectivity index (χ1v) is 9.03. The number of nitrogens with zero attached hydrogens (tertiary/aromatic N) is 3. The lowest BCUT2D eigenvalue weighted by atomic mass is 10.0. The molecule has 0 bridgehead atoms. The second-order valence-corrected chi connectivity index (χ2v) is 6.98. The molecule has 1 fully saturated rings. The van der Waals surface area contributed by atoms with Crippen LogP contribution in [0.1, 0.15) is 30.4 Å². The number of benzene rings is 1. The molecule has 2 aliphatic heterocycles. The summed E-state index contributed by atoms with van der Waals surface area (Å²) in [5.74, 6) is 1.08. The average Bonchev–Trinajstić information content (AvgIpc) is 3.06. The normalized spacial score (nSPS) is 16.9. The summed E-state index contributed by atoms with van der Waals surface area (Å²) < 4.78 is 5.78. The largest absolute Gasteiger partial charge is 0.491 e. The summed E-state index contributed by atoms with van der Waals surface area (Å²) in [6, 6.07) is 6.06. The van der Waals surface area contributed by atoms with Crippen molar-refractivity contribution in [3.63, 3.8) is 0 Å². The molecule has 0 aliphatic carbocycles. The van der Waals surface area contributed by atoms with Gasteiger partial charge >= 0.3 is 6.03 Å². The molecule has 0 radical (unpaired) electrons. The molecule has 136 valence electrons. The molecule has 0 saturated carbocycles. The van der Waals surface area contributed by atoms with Gasteiger partial charge in [0.1, 0.15) is 12.4 Å². The number of rotatable bonds is 3. The minimum Gasteiger partial charge on any atom is -0.491 e. The summed E-state index contributed by atoms with van der Waals surface area (Å²) in [5.41, 5.74) is 2.13. The van der Waals surface area contributed by atoms with Crippen LogP contribution in [0, 0.1) is 0 Å². The molecule has 1 aromatic rings. The van der Waals surface area contributed by atoms with Gasteiger partial charge in [0, 0.05) is 39.2 Å². The van der Waals surface area contributed by atoms with Gasteiger partial charge in [-0.2, -0.15) is 0 Å². The van der Waals surface area contributed by atoms with Crippen LogP contribution < -0.4 is 4.74 Å². The minimum atomic E-state index is -0.00827. The molecule has 1 aromatic carbocycles. The Kier molecular flexibility index (Phi) is 5.46. The third-order valence-corrected chi connectivity index (χ3v) is 4.84. The molecule has 1 saturated heterocycles. The zero-order valence-electron chi connectivity index (χ0n) is 15.2. The molecular weight excluding hydrogens is 318 g/mol.